The van der Waals surface area contributed by atoms with Crippen molar-refractivity contribution in [1.29, 1.82) is 0 Å². The topological polar surface area (TPSA) is 119 Å². The Balaban J connectivity index is 3.28. The number of ether oxygens (including phenoxy) is 1. The van der Waals surface area contributed by atoms with E-state index in [1.165, 1.54) is 33.3 Å². The van der Waals surface area contributed by atoms with E-state index in [9.17, 15) is 16.8 Å². The maximum atomic E-state index is 11.6. The zero-order chi connectivity index (χ0) is 14.8. The fraction of sp³-hybridized carbons (Fsp3) is 0.333. The molecule has 0 aliphatic heterocycles. The lowest BCUT2D eigenvalue weighted by Crippen LogP contribution is -2.29. The SMILES string of the molecule is COc1ccc(NS(=O)(=O)N(C)C)cc1S(N)(=O)=O. The summed E-state index contributed by atoms with van der Waals surface area (Å²) in [5, 5.41) is 5.03. The second kappa shape index (κ2) is 5.33. The summed E-state index contributed by atoms with van der Waals surface area (Å²) in [7, 11) is -3.78. The van der Waals surface area contributed by atoms with Crippen LogP contribution in [0.3, 0.4) is 0 Å². The average Bonchev–Trinajstić information content (AvgIpc) is 2.27. The van der Waals surface area contributed by atoms with E-state index in [1.54, 1.807) is 0 Å². The molecule has 10 heteroatoms. The van der Waals surface area contributed by atoms with Crippen LogP contribution >= 0.6 is 0 Å². The summed E-state index contributed by atoms with van der Waals surface area (Å²) in [5.74, 6) is 0.0373. The van der Waals surface area contributed by atoms with Crippen LogP contribution in [0.2, 0.25) is 0 Å². The van der Waals surface area contributed by atoms with Crippen molar-refractivity contribution in [2.24, 2.45) is 5.14 Å². The Morgan fingerprint density at radius 1 is 1.21 bits per heavy atom. The van der Waals surface area contributed by atoms with Crippen molar-refractivity contribution >= 4 is 25.9 Å². The molecule has 0 amide bonds. The number of methoxy groups -OCH3 is 1. The Kier molecular flexibility index (Phi) is 4.40. The maximum Gasteiger partial charge on any atom is 0.301 e. The molecule has 0 radical (unpaired) electrons. The van der Waals surface area contributed by atoms with E-state index in [-0.39, 0.29) is 16.3 Å². The molecule has 108 valence electrons. The van der Waals surface area contributed by atoms with Crippen molar-refractivity contribution in [3.05, 3.63) is 18.2 Å². The van der Waals surface area contributed by atoms with E-state index >= 15 is 0 Å². The summed E-state index contributed by atoms with van der Waals surface area (Å²) in [4.78, 5) is -0.297. The van der Waals surface area contributed by atoms with Crippen LogP contribution in [0.5, 0.6) is 5.75 Å². The van der Waals surface area contributed by atoms with E-state index in [4.69, 9.17) is 9.88 Å². The number of primary sulfonamides is 1. The fourth-order valence-electron chi connectivity index (χ4n) is 1.20. The minimum absolute atomic E-state index is 0.0373. The Bertz CT molecular complexity index is 667. The zero-order valence-corrected chi connectivity index (χ0v) is 12.2. The van der Waals surface area contributed by atoms with E-state index in [0.717, 1.165) is 10.4 Å². The predicted octanol–water partition coefficient (Wildman–Crippen LogP) is -0.439. The van der Waals surface area contributed by atoms with Crippen molar-refractivity contribution < 1.29 is 21.6 Å². The van der Waals surface area contributed by atoms with Gasteiger partial charge in [0.05, 0.1) is 12.8 Å². The number of hydrogen-bond donors (Lipinski definition) is 2. The van der Waals surface area contributed by atoms with Crippen molar-refractivity contribution in [1.82, 2.24) is 4.31 Å². The molecular formula is C9H15N3O5S2. The highest BCUT2D eigenvalue weighted by Crippen LogP contribution is 2.26. The second-order valence-corrected chi connectivity index (χ2v) is 7.21. The molecule has 3 N–H and O–H groups in total. The van der Waals surface area contributed by atoms with Gasteiger partial charge >= 0.3 is 10.2 Å². The molecule has 0 saturated heterocycles. The molecule has 0 spiro atoms. The molecule has 8 nitrogen and oxygen atoms in total. The van der Waals surface area contributed by atoms with Crippen LogP contribution in [0.25, 0.3) is 0 Å². The highest BCUT2D eigenvalue weighted by Gasteiger charge is 2.18. The summed E-state index contributed by atoms with van der Waals surface area (Å²) in [5.41, 5.74) is 0.0681. The largest absolute Gasteiger partial charge is 0.495 e. The van der Waals surface area contributed by atoms with Gasteiger partial charge in [-0.1, -0.05) is 0 Å². The molecule has 0 fully saturated rings. The van der Waals surface area contributed by atoms with Crippen LogP contribution in [0.1, 0.15) is 0 Å². The average molecular weight is 309 g/mol. The first kappa shape index (κ1) is 15.7. The molecule has 0 heterocycles. The summed E-state index contributed by atoms with van der Waals surface area (Å²) < 4.78 is 54.0. The highest BCUT2D eigenvalue weighted by atomic mass is 32.2. The number of rotatable bonds is 5. The molecule has 0 aliphatic rings. The van der Waals surface area contributed by atoms with Gasteiger partial charge in [-0.2, -0.15) is 12.7 Å². The number of sulfonamides is 1. The minimum atomic E-state index is -4.02. The lowest BCUT2D eigenvalue weighted by atomic mass is 10.3. The van der Waals surface area contributed by atoms with Gasteiger partial charge in [-0.25, -0.2) is 13.6 Å². The molecule has 0 aliphatic carbocycles. The maximum absolute atomic E-state index is 11.6. The molecule has 0 bridgehead atoms. The van der Waals surface area contributed by atoms with Crippen molar-refractivity contribution in [2.75, 3.05) is 25.9 Å². The molecule has 0 saturated carbocycles. The Morgan fingerprint density at radius 3 is 2.21 bits per heavy atom. The Morgan fingerprint density at radius 2 is 1.79 bits per heavy atom. The van der Waals surface area contributed by atoms with Crippen LogP contribution in [-0.4, -0.2) is 42.3 Å². The quantitative estimate of drug-likeness (QED) is 0.764. The van der Waals surface area contributed by atoms with E-state index in [1.807, 2.05) is 0 Å². The molecule has 1 aromatic carbocycles. The third kappa shape index (κ3) is 3.80. The normalized spacial score (nSPS) is 12.5. The monoisotopic (exact) mass is 309 g/mol. The Labute approximate surface area is 112 Å². The van der Waals surface area contributed by atoms with Crippen LogP contribution in [0.4, 0.5) is 5.69 Å². The Hall–Kier alpha value is -1.36. The van der Waals surface area contributed by atoms with E-state index in [0.29, 0.717) is 0 Å². The zero-order valence-electron chi connectivity index (χ0n) is 10.6. The van der Waals surface area contributed by atoms with Crippen molar-refractivity contribution in [3.63, 3.8) is 0 Å². The van der Waals surface area contributed by atoms with Gasteiger partial charge in [0, 0.05) is 14.1 Å². The van der Waals surface area contributed by atoms with Crippen molar-refractivity contribution in [2.45, 2.75) is 4.90 Å². The second-order valence-electron chi connectivity index (χ2n) is 3.80. The van der Waals surface area contributed by atoms with Gasteiger partial charge < -0.3 is 4.74 Å². The summed E-state index contributed by atoms with van der Waals surface area (Å²) in [6, 6.07) is 3.77. The van der Waals surface area contributed by atoms with Crippen molar-refractivity contribution in [3.8, 4) is 5.75 Å². The molecule has 0 aromatic heterocycles. The van der Waals surface area contributed by atoms with Gasteiger partial charge in [0.25, 0.3) is 0 Å². The smallest absolute Gasteiger partial charge is 0.301 e. The third-order valence-corrected chi connectivity index (χ3v) is 4.58. The van der Waals surface area contributed by atoms with Crippen LogP contribution < -0.4 is 14.6 Å². The number of hydrogen-bond acceptors (Lipinski definition) is 5. The fourth-order valence-corrected chi connectivity index (χ4v) is 2.53. The van der Waals surface area contributed by atoms with Crippen LogP contribution in [0.15, 0.2) is 23.1 Å². The lowest BCUT2D eigenvalue weighted by molar-refractivity contribution is 0.403. The van der Waals surface area contributed by atoms with Gasteiger partial charge in [0.1, 0.15) is 10.6 Å². The van der Waals surface area contributed by atoms with Crippen LogP contribution in [-0.2, 0) is 20.2 Å². The summed E-state index contributed by atoms with van der Waals surface area (Å²) >= 11 is 0. The van der Waals surface area contributed by atoms with E-state index < -0.39 is 20.2 Å². The summed E-state index contributed by atoms with van der Waals surface area (Å²) in [6.07, 6.45) is 0. The minimum Gasteiger partial charge on any atom is -0.495 e. The predicted molar refractivity (Wildman–Crippen MR) is 70.6 cm³/mol. The number of anilines is 1. The summed E-state index contributed by atoms with van der Waals surface area (Å²) in [6.45, 7) is 0. The van der Waals surface area contributed by atoms with Gasteiger partial charge in [-0.15, -0.1) is 0 Å². The molecule has 19 heavy (non-hydrogen) atoms. The van der Waals surface area contributed by atoms with Gasteiger partial charge in [-0.05, 0) is 18.2 Å². The lowest BCUT2D eigenvalue weighted by Gasteiger charge is -2.14. The van der Waals surface area contributed by atoms with E-state index in [2.05, 4.69) is 4.72 Å². The third-order valence-electron chi connectivity index (χ3n) is 2.20. The molecule has 1 rings (SSSR count). The number of nitrogens with two attached hydrogens (primary N) is 1. The van der Waals surface area contributed by atoms with Gasteiger partial charge in [-0.3, -0.25) is 4.72 Å². The first-order valence-electron chi connectivity index (χ1n) is 4.99. The molecule has 0 atom stereocenters. The van der Waals surface area contributed by atoms with Gasteiger partial charge in [0.2, 0.25) is 10.0 Å². The molecule has 1 aromatic rings. The number of nitrogens with one attached hydrogen (secondary N) is 1. The molecular weight excluding hydrogens is 294 g/mol. The number of benzene rings is 1. The first-order chi connectivity index (χ1) is 8.58. The van der Waals surface area contributed by atoms with Gasteiger partial charge in [0.15, 0.2) is 0 Å². The highest BCUT2D eigenvalue weighted by molar-refractivity contribution is 7.90. The van der Waals surface area contributed by atoms with Crippen LogP contribution in [0, 0.1) is 0 Å². The molecule has 0 unspecified atom stereocenters. The first-order valence-corrected chi connectivity index (χ1v) is 7.97. The standard InChI is InChI=1S/C9H15N3O5S2/c1-12(2)19(15,16)11-7-4-5-8(17-3)9(6-7)18(10,13)14/h4-6,11H,1-3H3,(H2,10,13,14). The number of nitrogens with zero attached hydrogens (tertiary/aromatic N) is 1.